The number of hydrogen-bond donors (Lipinski definition) is 1. The van der Waals surface area contributed by atoms with Crippen LogP contribution in [0.4, 0.5) is 13.2 Å². The first-order valence-corrected chi connectivity index (χ1v) is 14.2. The first-order chi connectivity index (χ1) is 20.5. The smallest absolute Gasteiger partial charge is 0.453 e. The van der Waals surface area contributed by atoms with Gasteiger partial charge in [0.15, 0.2) is 5.58 Å². The third kappa shape index (κ3) is 7.32. The predicted octanol–water partition coefficient (Wildman–Crippen LogP) is 7.00. The number of carbonyl (C=O) groups excluding carboxylic acids is 1. The third-order valence-electron chi connectivity index (χ3n) is 6.85. The van der Waals surface area contributed by atoms with E-state index in [9.17, 15) is 22.8 Å². The Bertz CT molecular complexity index is 1660. The summed E-state index contributed by atoms with van der Waals surface area (Å²) in [6.07, 6.45) is -3.47. The van der Waals surface area contributed by atoms with E-state index in [0.29, 0.717) is 29.4 Å². The minimum atomic E-state index is -5.07. The summed E-state index contributed by atoms with van der Waals surface area (Å²) >= 11 is 6.04. The van der Waals surface area contributed by atoms with Crippen molar-refractivity contribution in [2.45, 2.75) is 46.3 Å². The first kappa shape index (κ1) is 31.9. The Balaban J connectivity index is 1.90. The highest BCUT2D eigenvalue weighted by molar-refractivity contribution is 6.31. The van der Waals surface area contributed by atoms with Crippen molar-refractivity contribution in [3.8, 4) is 23.0 Å². The molecule has 0 amide bonds. The van der Waals surface area contributed by atoms with E-state index in [0.717, 1.165) is 17.7 Å². The van der Waals surface area contributed by atoms with Crippen LogP contribution in [-0.2, 0) is 12.7 Å². The number of nitrogens with one attached hydrogen (secondary N) is 1. The van der Waals surface area contributed by atoms with Crippen molar-refractivity contribution in [3.63, 3.8) is 0 Å². The van der Waals surface area contributed by atoms with Gasteiger partial charge in [0, 0.05) is 5.02 Å². The van der Waals surface area contributed by atoms with E-state index in [4.69, 9.17) is 30.2 Å². The maximum Gasteiger partial charge on any atom is 0.453 e. The number of rotatable bonds is 11. The lowest BCUT2D eigenvalue weighted by Crippen LogP contribution is -3.10. The Labute approximate surface area is 251 Å². The number of alkyl halides is 3. The van der Waals surface area contributed by atoms with Gasteiger partial charge < -0.3 is 23.5 Å². The molecule has 228 valence electrons. The molecule has 0 atom stereocenters. The fourth-order valence-corrected chi connectivity index (χ4v) is 4.88. The molecule has 1 aromatic heterocycles. The predicted molar refractivity (Wildman–Crippen MR) is 157 cm³/mol. The highest BCUT2D eigenvalue weighted by atomic mass is 35.5. The van der Waals surface area contributed by atoms with Crippen molar-refractivity contribution in [2.75, 3.05) is 20.2 Å². The van der Waals surface area contributed by atoms with E-state index in [1.165, 1.54) is 49.6 Å². The molecule has 0 saturated carbocycles. The Morgan fingerprint density at radius 3 is 2.21 bits per heavy atom. The maximum atomic E-state index is 14.4. The van der Waals surface area contributed by atoms with Gasteiger partial charge in [-0.3, -0.25) is 4.79 Å². The number of carbonyl (C=O) groups is 1. The van der Waals surface area contributed by atoms with Crippen LogP contribution in [0.15, 0.2) is 63.8 Å². The number of methoxy groups -OCH3 is 1. The zero-order chi connectivity index (χ0) is 31.3. The van der Waals surface area contributed by atoms with E-state index >= 15 is 0 Å². The van der Waals surface area contributed by atoms with Crippen molar-refractivity contribution in [1.82, 2.24) is 0 Å². The molecule has 7 nitrogen and oxygen atoms in total. The van der Waals surface area contributed by atoms with Gasteiger partial charge in [-0.2, -0.15) is 13.2 Å². The fraction of sp³-hybridized carbons (Fsp3) is 0.312. The van der Waals surface area contributed by atoms with Gasteiger partial charge in [-0.1, -0.05) is 25.4 Å². The number of fused-ring (bicyclic) bond motifs is 1. The normalized spacial score (nSPS) is 11.7. The molecule has 11 heteroatoms. The number of ether oxygens (including phenoxy) is 3. The van der Waals surface area contributed by atoms with Crippen molar-refractivity contribution >= 4 is 28.5 Å². The first-order valence-electron chi connectivity index (χ1n) is 13.8. The molecule has 0 saturated heterocycles. The lowest BCUT2D eigenvalue weighted by molar-refractivity contribution is -0.913. The zero-order valence-electron chi connectivity index (χ0n) is 24.2. The third-order valence-corrected chi connectivity index (χ3v) is 7.27. The minimum absolute atomic E-state index is 0.00343. The molecule has 43 heavy (non-hydrogen) atoms. The van der Waals surface area contributed by atoms with E-state index in [1.54, 1.807) is 19.1 Å². The highest BCUT2D eigenvalue weighted by Crippen LogP contribution is 2.40. The summed E-state index contributed by atoms with van der Waals surface area (Å²) in [5.41, 5.74) is -0.395. The molecule has 3 aromatic carbocycles. The topological polar surface area (TPSA) is 79.4 Å². The molecule has 0 spiro atoms. The van der Waals surface area contributed by atoms with Crippen LogP contribution in [0.5, 0.6) is 23.0 Å². The number of aryl methyl sites for hydroxylation is 1. The van der Waals surface area contributed by atoms with Gasteiger partial charge >= 0.3 is 12.1 Å². The molecule has 0 aliphatic rings. The lowest BCUT2D eigenvalue weighted by atomic mass is 10.1. The molecule has 0 aliphatic carbocycles. The number of esters is 1. The number of halogens is 4. The maximum absolute atomic E-state index is 14.4. The van der Waals surface area contributed by atoms with Gasteiger partial charge in [0.2, 0.25) is 11.2 Å². The number of quaternary nitrogens is 1. The van der Waals surface area contributed by atoms with Crippen LogP contribution < -0.4 is 24.5 Å². The second kappa shape index (κ2) is 13.5. The Hall–Kier alpha value is -4.02. The summed E-state index contributed by atoms with van der Waals surface area (Å²) in [7, 11) is 1.49. The van der Waals surface area contributed by atoms with E-state index in [-0.39, 0.29) is 40.1 Å². The average Bonchev–Trinajstić information content (AvgIpc) is 2.97. The molecule has 0 aliphatic heterocycles. The molecule has 4 rings (SSSR count). The van der Waals surface area contributed by atoms with Crippen molar-refractivity contribution in [2.24, 2.45) is 0 Å². The second-order valence-electron chi connectivity index (χ2n) is 10.1. The van der Waals surface area contributed by atoms with Gasteiger partial charge in [0.05, 0.1) is 36.7 Å². The van der Waals surface area contributed by atoms with Gasteiger partial charge in [-0.25, -0.2) is 4.79 Å². The lowest BCUT2D eigenvalue weighted by Gasteiger charge is -2.21. The largest absolute Gasteiger partial charge is 0.497 e. The van der Waals surface area contributed by atoms with Crippen molar-refractivity contribution < 1.29 is 41.5 Å². The van der Waals surface area contributed by atoms with Gasteiger partial charge in [0.1, 0.15) is 23.8 Å². The van der Waals surface area contributed by atoms with E-state index < -0.39 is 29.1 Å². The van der Waals surface area contributed by atoms with E-state index in [2.05, 4.69) is 0 Å². The molecule has 0 fully saturated rings. The summed E-state index contributed by atoms with van der Waals surface area (Å²) in [6, 6.07) is 13.1. The Kier molecular flexibility index (Phi) is 10.0. The average molecular weight is 619 g/mol. The van der Waals surface area contributed by atoms with Gasteiger partial charge in [-0.15, -0.1) is 0 Å². The van der Waals surface area contributed by atoms with Crippen molar-refractivity contribution in [1.29, 1.82) is 0 Å². The number of hydrogen-bond acceptors (Lipinski definition) is 6. The SMILES string of the molecule is CCC[NH+](CCC)Cc1c(OC(=O)c2ccc(OC)cc2)ccc2c(=O)c(Oc3ccc(Cl)c(C)c3)c(C(F)(F)F)oc12. The zero-order valence-corrected chi connectivity index (χ0v) is 24.9. The summed E-state index contributed by atoms with van der Waals surface area (Å²) < 4.78 is 65.0. The molecule has 0 unspecified atom stereocenters. The van der Waals surface area contributed by atoms with Crippen LogP contribution in [0.1, 0.15) is 53.9 Å². The number of benzene rings is 3. The van der Waals surface area contributed by atoms with Gasteiger partial charge in [-0.05, 0) is 79.9 Å². The van der Waals surface area contributed by atoms with Crippen LogP contribution >= 0.6 is 11.6 Å². The standard InChI is InChI=1S/C32H31ClF3NO6/c1-5-15-37(16-6-2)18-24-26(42-31(39)20-7-9-21(40-4)10-8-20)14-12-23-27(38)29(30(32(34,35)36)43-28(23)24)41-22-11-13-25(33)19(3)17-22/h7-14,17H,5-6,15-16,18H2,1-4H3/p+1. The fourth-order valence-electron chi connectivity index (χ4n) is 4.76. The van der Waals surface area contributed by atoms with E-state index in [1.807, 2.05) is 13.8 Å². The molecule has 1 N–H and O–H groups in total. The highest BCUT2D eigenvalue weighted by Gasteiger charge is 2.41. The molecule has 0 bridgehead atoms. The molecular formula is C32H32ClF3NO6+. The molecule has 1 heterocycles. The molecule has 4 aromatic rings. The summed E-state index contributed by atoms with van der Waals surface area (Å²) in [5.74, 6) is -2.80. The molecular weight excluding hydrogens is 587 g/mol. The summed E-state index contributed by atoms with van der Waals surface area (Å²) in [6.45, 7) is 7.19. The van der Waals surface area contributed by atoms with Crippen LogP contribution in [0.3, 0.4) is 0 Å². The van der Waals surface area contributed by atoms with Gasteiger partial charge in [0.25, 0.3) is 5.76 Å². The molecule has 0 radical (unpaired) electrons. The van der Waals surface area contributed by atoms with Crippen molar-refractivity contribution in [3.05, 3.63) is 92.3 Å². The quantitative estimate of drug-likeness (QED) is 0.144. The summed E-state index contributed by atoms with van der Waals surface area (Å²) in [4.78, 5) is 27.7. The van der Waals surface area contributed by atoms with Crippen LogP contribution in [0, 0.1) is 6.92 Å². The monoisotopic (exact) mass is 618 g/mol. The van der Waals surface area contributed by atoms with Crippen LogP contribution in [0.25, 0.3) is 11.0 Å². The minimum Gasteiger partial charge on any atom is -0.497 e. The van der Waals surface area contributed by atoms with Crippen LogP contribution in [0.2, 0.25) is 5.02 Å². The Morgan fingerprint density at radius 1 is 0.977 bits per heavy atom. The Morgan fingerprint density at radius 2 is 1.63 bits per heavy atom. The second-order valence-corrected chi connectivity index (χ2v) is 10.5. The summed E-state index contributed by atoms with van der Waals surface area (Å²) in [5, 5.41) is 0.252. The van der Waals surface area contributed by atoms with Crippen LogP contribution in [-0.4, -0.2) is 26.2 Å².